The van der Waals surface area contributed by atoms with E-state index in [4.69, 9.17) is 9.84 Å². The number of benzene rings is 1. The number of urea groups is 1. The van der Waals surface area contributed by atoms with Gasteiger partial charge in [0.05, 0.1) is 13.2 Å². The molecule has 108 valence electrons. The van der Waals surface area contributed by atoms with Crippen LogP contribution in [0.25, 0.3) is 0 Å². The molecular formula is C14H18N2O4. The molecule has 0 aliphatic carbocycles. The van der Waals surface area contributed by atoms with Crippen LogP contribution < -0.4 is 5.32 Å². The van der Waals surface area contributed by atoms with Crippen LogP contribution in [0.5, 0.6) is 0 Å². The van der Waals surface area contributed by atoms with Gasteiger partial charge in [-0.3, -0.25) is 0 Å². The molecule has 20 heavy (non-hydrogen) atoms. The number of carbonyl (C=O) groups is 2. The van der Waals surface area contributed by atoms with Crippen LogP contribution in [0.4, 0.5) is 4.79 Å². The van der Waals surface area contributed by atoms with Gasteiger partial charge in [0.1, 0.15) is 0 Å². The lowest BCUT2D eigenvalue weighted by molar-refractivity contribution is -0.154. The first kappa shape index (κ1) is 14.3. The number of morpholine rings is 1. The average molecular weight is 278 g/mol. The van der Waals surface area contributed by atoms with Crippen molar-refractivity contribution in [1.82, 2.24) is 10.2 Å². The summed E-state index contributed by atoms with van der Waals surface area (Å²) in [5.41, 5.74) is 2.17. The van der Waals surface area contributed by atoms with E-state index in [1.807, 2.05) is 31.2 Å². The Bertz CT molecular complexity index is 486. The molecule has 0 aromatic heterocycles. The van der Waals surface area contributed by atoms with E-state index in [9.17, 15) is 9.59 Å². The molecule has 2 amide bonds. The van der Waals surface area contributed by atoms with Crippen molar-refractivity contribution in [3.05, 3.63) is 35.4 Å². The van der Waals surface area contributed by atoms with E-state index in [2.05, 4.69) is 5.32 Å². The topological polar surface area (TPSA) is 78.9 Å². The molecule has 0 saturated carbocycles. The van der Waals surface area contributed by atoms with E-state index < -0.39 is 12.1 Å². The van der Waals surface area contributed by atoms with Crippen molar-refractivity contribution >= 4 is 12.0 Å². The van der Waals surface area contributed by atoms with Gasteiger partial charge >= 0.3 is 12.0 Å². The van der Waals surface area contributed by atoms with Crippen molar-refractivity contribution in [3.8, 4) is 0 Å². The number of hydrogen-bond donors (Lipinski definition) is 2. The number of hydrogen-bond acceptors (Lipinski definition) is 3. The van der Waals surface area contributed by atoms with Gasteiger partial charge in [-0.1, -0.05) is 29.8 Å². The van der Waals surface area contributed by atoms with Gasteiger partial charge in [0, 0.05) is 13.1 Å². The molecule has 0 spiro atoms. The molecule has 1 fully saturated rings. The largest absolute Gasteiger partial charge is 0.479 e. The quantitative estimate of drug-likeness (QED) is 0.864. The van der Waals surface area contributed by atoms with Crippen molar-refractivity contribution in [2.75, 3.05) is 19.7 Å². The third-order valence-electron chi connectivity index (χ3n) is 3.19. The summed E-state index contributed by atoms with van der Waals surface area (Å²) in [7, 11) is 0. The van der Waals surface area contributed by atoms with Gasteiger partial charge in [-0.05, 0) is 12.5 Å². The first-order chi connectivity index (χ1) is 9.56. The van der Waals surface area contributed by atoms with E-state index in [0.717, 1.165) is 11.1 Å². The molecule has 1 aliphatic heterocycles. The van der Waals surface area contributed by atoms with E-state index in [-0.39, 0.29) is 19.2 Å². The highest BCUT2D eigenvalue weighted by Gasteiger charge is 2.28. The second-order valence-electron chi connectivity index (χ2n) is 4.79. The minimum Gasteiger partial charge on any atom is -0.479 e. The van der Waals surface area contributed by atoms with Crippen molar-refractivity contribution in [2.45, 2.75) is 19.6 Å². The molecule has 6 nitrogen and oxygen atoms in total. The van der Waals surface area contributed by atoms with Gasteiger partial charge in [-0.15, -0.1) is 0 Å². The number of aliphatic carboxylic acids is 1. The Hall–Kier alpha value is -2.08. The Morgan fingerprint density at radius 1 is 1.40 bits per heavy atom. The number of carboxylic acid groups (broad SMARTS) is 1. The van der Waals surface area contributed by atoms with Crippen molar-refractivity contribution in [1.29, 1.82) is 0 Å². The Labute approximate surface area is 117 Å². The third-order valence-corrected chi connectivity index (χ3v) is 3.19. The molecule has 0 bridgehead atoms. The lowest BCUT2D eigenvalue weighted by Gasteiger charge is -2.30. The van der Waals surface area contributed by atoms with Gasteiger partial charge in [-0.2, -0.15) is 0 Å². The SMILES string of the molecule is Cc1ccc(CNC(=O)N2CCOC(C(=O)O)C2)cc1. The van der Waals surface area contributed by atoms with E-state index in [1.165, 1.54) is 4.90 Å². The van der Waals surface area contributed by atoms with Crippen LogP contribution >= 0.6 is 0 Å². The van der Waals surface area contributed by atoms with Crippen molar-refractivity contribution < 1.29 is 19.4 Å². The zero-order valence-corrected chi connectivity index (χ0v) is 11.3. The van der Waals surface area contributed by atoms with Gasteiger partial charge in [-0.25, -0.2) is 9.59 Å². The minimum atomic E-state index is -1.04. The smallest absolute Gasteiger partial charge is 0.334 e. The molecule has 1 saturated heterocycles. The number of nitrogens with zero attached hydrogens (tertiary/aromatic N) is 1. The van der Waals surface area contributed by atoms with Crippen LogP contribution in [0.1, 0.15) is 11.1 Å². The monoisotopic (exact) mass is 278 g/mol. The summed E-state index contributed by atoms with van der Waals surface area (Å²) in [6, 6.07) is 7.61. The number of carbonyl (C=O) groups excluding carboxylic acids is 1. The summed E-state index contributed by atoms with van der Waals surface area (Å²) in [6.07, 6.45) is -0.936. The van der Waals surface area contributed by atoms with Crippen LogP contribution in [0.2, 0.25) is 0 Å². The van der Waals surface area contributed by atoms with Crippen LogP contribution in [0.3, 0.4) is 0 Å². The Morgan fingerprint density at radius 2 is 2.10 bits per heavy atom. The lowest BCUT2D eigenvalue weighted by Crippen LogP contribution is -2.51. The summed E-state index contributed by atoms with van der Waals surface area (Å²) in [5.74, 6) is -1.04. The molecule has 1 atom stereocenters. The molecule has 2 N–H and O–H groups in total. The van der Waals surface area contributed by atoms with Crippen LogP contribution in [0.15, 0.2) is 24.3 Å². The van der Waals surface area contributed by atoms with Crippen LogP contribution in [-0.4, -0.2) is 47.8 Å². The minimum absolute atomic E-state index is 0.0784. The molecule has 1 aromatic rings. The number of amides is 2. The first-order valence-electron chi connectivity index (χ1n) is 6.49. The molecule has 1 aliphatic rings. The maximum absolute atomic E-state index is 12.0. The fourth-order valence-electron chi connectivity index (χ4n) is 1.98. The van der Waals surface area contributed by atoms with Gasteiger partial charge < -0.3 is 20.1 Å². The molecule has 1 aromatic carbocycles. The summed E-state index contributed by atoms with van der Waals surface area (Å²) < 4.78 is 5.07. The summed E-state index contributed by atoms with van der Waals surface area (Å²) in [4.78, 5) is 24.3. The molecule has 2 rings (SSSR count). The maximum atomic E-state index is 12.0. The Morgan fingerprint density at radius 3 is 2.75 bits per heavy atom. The molecule has 1 heterocycles. The number of ether oxygens (including phenoxy) is 1. The normalized spacial score (nSPS) is 18.6. The standard InChI is InChI=1S/C14H18N2O4/c1-10-2-4-11(5-3-10)8-15-14(19)16-6-7-20-12(9-16)13(17)18/h2-5,12H,6-9H2,1H3,(H,15,19)(H,17,18). The molecule has 0 radical (unpaired) electrons. The zero-order chi connectivity index (χ0) is 14.5. The number of rotatable bonds is 3. The zero-order valence-electron chi connectivity index (χ0n) is 11.3. The van der Waals surface area contributed by atoms with Gasteiger partial charge in [0.2, 0.25) is 0 Å². The number of nitrogens with one attached hydrogen (secondary N) is 1. The number of aryl methyl sites for hydroxylation is 1. The Balaban J connectivity index is 1.85. The summed E-state index contributed by atoms with van der Waals surface area (Å²) in [5, 5.41) is 11.7. The van der Waals surface area contributed by atoms with Gasteiger partial charge in [0.15, 0.2) is 6.10 Å². The highest BCUT2D eigenvalue weighted by Crippen LogP contribution is 2.07. The van der Waals surface area contributed by atoms with Crippen molar-refractivity contribution in [3.63, 3.8) is 0 Å². The Kier molecular flexibility index (Phi) is 4.57. The average Bonchev–Trinajstić information content (AvgIpc) is 2.46. The maximum Gasteiger partial charge on any atom is 0.334 e. The number of carboxylic acids is 1. The predicted molar refractivity (Wildman–Crippen MR) is 72.4 cm³/mol. The third kappa shape index (κ3) is 3.71. The van der Waals surface area contributed by atoms with E-state index in [0.29, 0.717) is 13.1 Å². The fourth-order valence-corrected chi connectivity index (χ4v) is 1.98. The van der Waals surface area contributed by atoms with E-state index in [1.54, 1.807) is 0 Å². The molecule has 1 unspecified atom stereocenters. The van der Waals surface area contributed by atoms with Crippen molar-refractivity contribution in [2.24, 2.45) is 0 Å². The second kappa shape index (κ2) is 6.38. The van der Waals surface area contributed by atoms with Gasteiger partial charge in [0.25, 0.3) is 0 Å². The second-order valence-corrected chi connectivity index (χ2v) is 4.79. The highest BCUT2D eigenvalue weighted by molar-refractivity contribution is 5.77. The summed E-state index contributed by atoms with van der Waals surface area (Å²) in [6.45, 7) is 3.16. The predicted octanol–water partition coefficient (Wildman–Crippen LogP) is 0.990. The fraction of sp³-hybridized carbons (Fsp3) is 0.429. The molecular weight excluding hydrogens is 260 g/mol. The summed E-state index contributed by atoms with van der Waals surface area (Å²) >= 11 is 0. The molecule has 6 heteroatoms. The van der Waals surface area contributed by atoms with Crippen LogP contribution in [0, 0.1) is 6.92 Å². The first-order valence-corrected chi connectivity index (χ1v) is 6.49. The lowest BCUT2D eigenvalue weighted by atomic mass is 10.1. The van der Waals surface area contributed by atoms with E-state index >= 15 is 0 Å². The van der Waals surface area contributed by atoms with Crippen LogP contribution in [-0.2, 0) is 16.1 Å². The highest BCUT2D eigenvalue weighted by atomic mass is 16.5.